The number of nitrogens with two attached hydrogens (primary N) is 1. The van der Waals surface area contributed by atoms with E-state index in [1.807, 2.05) is 31.6 Å². The lowest BCUT2D eigenvalue weighted by Crippen LogP contribution is -2.09. The zero-order valence-electron chi connectivity index (χ0n) is 10.2. The number of hydrogen-bond donors (Lipinski definition) is 1. The molecule has 2 rings (SSSR count). The van der Waals surface area contributed by atoms with Crippen LogP contribution in [0.2, 0.25) is 5.02 Å². The van der Waals surface area contributed by atoms with Crippen molar-refractivity contribution in [2.75, 3.05) is 5.73 Å². The van der Waals surface area contributed by atoms with Gasteiger partial charge in [-0.25, -0.2) is 0 Å². The normalized spacial score (nSPS) is 11.1. The zero-order valence-corrected chi connectivity index (χ0v) is 11.0. The van der Waals surface area contributed by atoms with E-state index in [0.717, 1.165) is 23.5 Å². The Balaban J connectivity index is 2.35. The summed E-state index contributed by atoms with van der Waals surface area (Å²) in [6.07, 6.45) is 1.91. The van der Waals surface area contributed by atoms with Gasteiger partial charge in [-0.1, -0.05) is 11.6 Å². The lowest BCUT2D eigenvalue weighted by molar-refractivity contribution is 0.576. The first kappa shape index (κ1) is 12.0. The molecule has 0 unspecified atom stereocenters. The van der Waals surface area contributed by atoms with Gasteiger partial charge in [0, 0.05) is 18.3 Å². The highest BCUT2D eigenvalue weighted by atomic mass is 35.5. The summed E-state index contributed by atoms with van der Waals surface area (Å²) in [5.74, 6) is 0.556. The van der Waals surface area contributed by atoms with Crippen LogP contribution in [0.25, 0.3) is 0 Å². The Morgan fingerprint density at radius 2 is 2.06 bits per heavy atom. The third-order valence-electron chi connectivity index (χ3n) is 2.75. The Hall–Kier alpha value is -1.49. The summed E-state index contributed by atoms with van der Waals surface area (Å²) in [7, 11) is 0. The molecule has 0 bridgehead atoms. The third-order valence-corrected chi connectivity index (χ3v) is 3.24. The minimum atomic E-state index is 0.556. The SMILES string of the molecule is CCn1nc(C)c(Cl)c1Cn1cc(C)c(N)n1. The number of nitrogens with zero attached hydrogens (tertiary/aromatic N) is 4. The molecule has 92 valence electrons. The molecule has 5 nitrogen and oxygen atoms in total. The summed E-state index contributed by atoms with van der Waals surface area (Å²) < 4.78 is 3.68. The van der Waals surface area contributed by atoms with Gasteiger partial charge in [0.2, 0.25) is 0 Å². The van der Waals surface area contributed by atoms with Crippen LogP contribution in [-0.4, -0.2) is 19.6 Å². The number of nitrogen functional groups attached to an aromatic ring is 1. The van der Waals surface area contributed by atoms with E-state index in [1.54, 1.807) is 4.68 Å². The van der Waals surface area contributed by atoms with Crippen LogP contribution >= 0.6 is 11.6 Å². The maximum absolute atomic E-state index is 6.23. The van der Waals surface area contributed by atoms with Crippen molar-refractivity contribution >= 4 is 17.4 Å². The highest BCUT2D eigenvalue weighted by Gasteiger charge is 2.13. The highest BCUT2D eigenvalue weighted by Crippen LogP contribution is 2.21. The van der Waals surface area contributed by atoms with Gasteiger partial charge < -0.3 is 5.73 Å². The number of halogens is 1. The lowest BCUT2D eigenvalue weighted by Gasteiger charge is -2.05. The topological polar surface area (TPSA) is 61.7 Å². The quantitative estimate of drug-likeness (QED) is 0.910. The van der Waals surface area contributed by atoms with Crippen LogP contribution in [0.5, 0.6) is 0 Å². The van der Waals surface area contributed by atoms with Crippen molar-refractivity contribution in [3.05, 3.63) is 28.2 Å². The summed E-state index contributed by atoms with van der Waals surface area (Å²) in [5, 5.41) is 9.30. The molecule has 0 atom stereocenters. The smallest absolute Gasteiger partial charge is 0.148 e. The number of aryl methyl sites for hydroxylation is 3. The Bertz CT molecular complexity index is 521. The molecule has 0 radical (unpaired) electrons. The Labute approximate surface area is 105 Å². The predicted molar refractivity (Wildman–Crippen MR) is 68.1 cm³/mol. The molecule has 17 heavy (non-hydrogen) atoms. The molecule has 0 aliphatic rings. The van der Waals surface area contributed by atoms with Crippen molar-refractivity contribution in [3.8, 4) is 0 Å². The molecular weight excluding hydrogens is 238 g/mol. The number of anilines is 1. The Morgan fingerprint density at radius 3 is 2.59 bits per heavy atom. The fourth-order valence-corrected chi connectivity index (χ4v) is 1.99. The van der Waals surface area contributed by atoms with E-state index in [-0.39, 0.29) is 0 Å². The molecule has 0 aliphatic carbocycles. The van der Waals surface area contributed by atoms with Crippen molar-refractivity contribution in [1.29, 1.82) is 0 Å². The van der Waals surface area contributed by atoms with Gasteiger partial charge in [-0.15, -0.1) is 0 Å². The van der Waals surface area contributed by atoms with Gasteiger partial charge in [-0.05, 0) is 20.8 Å². The Morgan fingerprint density at radius 1 is 1.35 bits per heavy atom. The van der Waals surface area contributed by atoms with Crippen molar-refractivity contribution in [2.24, 2.45) is 0 Å². The number of aromatic nitrogens is 4. The largest absolute Gasteiger partial charge is 0.382 e. The van der Waals surface area contributed by atoms with E-state index in [2.05, 4.69) is 10.2 Å². The fraction of sp³-hybridized carbons (Fsp3) is 0.455. The van der Waals surface area contributed by atoms with E-state index >= 15 is 0 Å². The van der Waals surface area contributed by atoms with Gasteiger partial charge in [0.15, 0.2) is 0 Å². The van der Waals surface area contributed by atoms with Gasteiger partial charge in [-0.3, -0.25) is 9.36 Å². The third kappa shape index (κ3) is 2.15. The molecule has 0 amide bonds. The van der Waals surface area contributed by atoms with Crippen LogP contribution in [0.4, 0.5) is 5.82 Å². The molecule has 0 spiro atoms. The standard InChI is InChI=1S/C11H16ClN5/c1-4-17-9(10(12)8(3)14-17)6-16-5-7(2)11(13)15-16/h5H,4,6H2,1-3H3,(H2,13,15). The van der Waals surface area contributed by atoms with E-state index in [1.165, 1.54) is 0 Å². The Kier molecular flexibility index (Phi) is 3.11. The van der Waals surface area contributed by atoms with Gasteiger partial charge in [0.1, 0.15) is 5.82 Å². The van der Waals surface area contributed by atoms with Crippen molar-refractivity contribution in [3.63, 3.8) is 0 Å². The maximum Gasteiger partial charge on any atom is 0.148 e. The summed E-state index contributed by atoms with van der Waals surface area (Å²) in [5.41, 5.74) is 8.51. The van der Waals surface area contributed by atoms with Crippen LogP contribution in [0.15, 0.2) is 6.20 Å². The maximum atomic E-state index is 6.23. The van der Waals surface area contributed by atoms with Gasteiger partial charge >= 0.3 is 0 Å². The van der Waals surface area contributed by atoms with Gasteiger partial charge in [0.05, 0.1) is 23.0 Å². The van der Waals surface area contributed by atoms with Crippen molar-refractivity contribution in [1.82, 2.24) is 19.6 Å². The van der Waals surface area contributed by atoms with Gasteiger partial charge in [-0.2, -0.15) is 10.2 Å². The molecule has 2 aromatic rings. The molecule has 0 saturated carbocycles. The summed E-state index contributed by atoms with van der Waals surface area (Å²) in [6, 6.07) is 0. The van der Waals surface area contributed by atoms with Crippen molar-refractivity contribution < 1.29 is 0 Å². The monoisotopic (exact) mass is 253 g/mol. The molecule has 0 saturated heterocycles. The first-order valence-corrected chi connectivity index (χ1v) is 5.92. The van der Waals surface area contributed by atoms with E-state index in [9.17, 15) is 0 Å². The van der Waals surface area contributed by atoms with Crippen molar-refractivity contribution in [2.45, 2.75) is 33.9 Å². The van der Waals surface area contributed by atoms with E-state index in [0.29, 0.717) is 17.4 Å². The summed E-state index contributed by atoms with van der Waals surface area (Å²) in [4.78, 5) is 0. The second kappa shape index (κ2) is 4.41. The summed E-state index contributed by atoms with van der Waals surface area (Å²) >= 11 is 6.23. The first-order valence-electron chi connectivity index (χ1n) is 5.54. The van der Waals surface area contributed by atoms with Crippen LogP contribution in [-0.2, 0) is 13.1 Å². The minimum absolute atomic E-state index is 0.556. The van der Waals surface area contributed by atoms with Crippen LogP contribution < -0.4 is 5.73 Å². The summed E-state index contributed by atoms with van der Waals surface area (Å²) in [6.45, 7) is 7.25. The minimum Gasteiger partial charge on any atom is -0.382 e. The van der Waals surface area contributed by atoms with E-state index in [4.69, 9.17) is 17.3 Å². The highest BCUT2D eigenvalue weighted by molar-refractivity contribution is 6.31. The average Bonchev–Trinajstić information content (AvgIpc) is 2.74. The average molecular weight is 254 g/mol. The van der Waals surface area contributed by atoms with Crippen LogP contribution in [0.1, 0.15) is 23.9 Å². The molecule has 0 aromatic carbocycles. The second-order valence-corrected chi connectivity index (χ2v) is 4.43. The molecule has 0 fully saturated rings. The lowest BCUT2D eigenvalue weighted by atomic mass is 10.3. The molecule has 2 heterocycles. The molecule has 2 N–H and O–H groups in total. The predicted octanol–water partition coefficient (Wildman–Crippen LogP) is 2.00. The number of rotatable bonds is 3. The first-order chi connectivity index (χ1) is 8.02. The number of hydrogen-bond acceptors (Lipinski definition) is 3. The van der Waals surface area contributed by atoms with Crippen LogP contribution in [0.3, 0.4) is 0 Å². The van der Waals surface area contributed by atoms with E-state index < -0.39 is 0 Å². The van der Waals surface area contributed by atoms with Gasteiger partial charge in [0.25, 0.3) is 0 Å². The van der Waals surface area contributed by atoms with Crippen LogP contribution in [0, 0.1) is 13.8 Å². The molecule has 0 aliphatic heterocycles. The molecule has 6 heteroatoms. The second-order valence-electron chi connectivity index (χ2n) is 4.06. The zero-order chi connectivity index (χ0) is 12.6. The fourth-order valence-electron chi connectivity index (χ4n) is 1.79. The molecular formula is C11H16ClN5. The molecule has 2 aromatic heterocycles.